The molecule has 0 aliphatic heterocycles. The molecule has 2 aromatic carbocycles. The Morgan fingerprint density at radius 2 is 1.77 bits per heavy atom. The Kier molecular flexibility index (Phi) is 6.88. The highest BCUT2D eigenvalue weighted by molar-refractivity contribution is 7.92. The van der Waals surface area contributed by atoms with Crippen LogP contribution in [0, 0.1) is 0 Å². The van der Waals surface area contributed by atoms with Crippen molar-refractivity contribution >= 4 is 33.3 Å². The first-order valence-corrected chi connectivity index (χ1v) is 9.87. The maximum absolute atomic E-state index is 13.1. The highest BCUT2D eigenvalue weighted by atomic mass is 35.5. The van der Waals surface area contributed by atoms with E-state index in [0.29, 0.717) is 17.4 Å². The first-order valence-electron chi connectivity index (χ1n) is 8.05. The second kappa shape index (κ2) is 8.91. The molecule has 0 saturated heterocycles. The molecule has 0 bridgehead atoms. The highest BCUT2D eigenvalue weighted by Gasteiger charge is 2.28. The van der Waals surface area contributed by atoms with Gasteiger partial charge in [0.2, 0.25) is 0 Å². The number of carbonyl (C=O) groups excluding carboxylic acids is 1. The van der Waals surface area contributed by atoms with Gasteiger partial charge in [0, 0.05) is 5.02 Å². The largest absolute Gasteiger partial charge is 0.494 e. The van der Waals surface area contributed by atoms with Gasteiger partial charge in [-0.2, -0.15) is 0 Å². The zero-order valence-electron chi connectivity index (χ0n) is 14.5. The summed E-state index contributed by atoms with van der Waals surface area (Å²) in [6.45, 7) is 3.67. The van der Waals surface area contributed by atoms with Gasteiger partial charge in [0.05, 0.1) is 23.8 Å². The van der Waals surface area contributed by atoms with Crippen LogP contribution < -0.4 is 9.04 Å². The Bertz CT molecular complexity index is 852. The molecule has 2 rings (SSSR count). The van der Waals surface area contributed by atoms with E-state index in [1.807, 2.05) is 6.92 Å². The van der Waals surface area contributed by atoms with Crippen LogP contribution in [0.15, 0.2) is 53.4 Å². The van der Waals surface area contributed by atoms with Gasteiger partial charge >= 0.3 is 5.97 Å². The molecule has 0 aliphatic carbocycles. The molecule has 26 heavy (non-hydrogen) atoms. The van der Waals surface area contributed by atoms with E-state index >= 15 is 0 Å². The molecule has 0 spiro atoms. The van der Waals surface area contributed by atoms with Gasteiger partial charge in [-0.25, -0.2) is 8.42 Å². The van der Waals surface area contributed by atoms with Crippen molar-refractivity contribution in [1.82, 2.24) is 0 Å². The number of carbonyl (C=O) groups is 1. The number of rotatable bonds is 8. The summed E-state index contributed by atoms with van der Waals surface area (Å²) in [4.78, 5) is 12.0. The molecule has 0 saturated carbocycles. The highest BCUT2D eigenvalue weighted by Crippen LogP contribution is 2.27. The van der Waals surface area contributed by atoms with Crippen LogP contribution in [0.4, 0.5) is 5.69 Å². The van der Waals surface area contributed by atoms with Gasteiger partial charge in [0.15, 0.2) is 0 Å². The fourth-order valence-electron chi connectivity index (χ4n) is 2.27. The zero-order valence-corrected chi connectivity index (χ0v) is 16.1. The van der Waals surface area contributed by atoms with Crippen LogP contribution in [0.25, 0.3) is 0 Å². The smallest absolute Gasteiger partial charge is 0.326 e. The molecule has 0 aromatic heterocycles. The Morgan fingerprint density at radius 3 is 2.35 bits per heavy atom. The van der Waals surface area contributed by atoms with Crippen molar-refractivity contribution in [3.63, 3.8) is 0 Å². The van der Waals surface area contributed by atoms with Crippen molar-refractivity contribution < 1.29 is 22.7 Å². The summed E-state index contributed by atoms with van der Waals surface area (Å²) in [6.07, 6.45) is 0. The van der Waals surface area contributed by atoms with Crippen molar-refractivity contribution in [1.29, 1.82) is 0 Å². The zero-order chi connectivity index (χ0) is 19.2. The predicted molar refractivity (Wildman–Crippen MR) is 100 cm³/mol. The lowest BCUT2D eigenvalue weighted by Gasteiger charge is -2.24. The van der Waals surface area contributed by atoms with Crippen LogP contribution in [-0.4, -0.2) is 34.1 Å². The maximum atomic E-state index is 13.1. The van der Waals surface area contributed by atoms with Crippen molar-refractivity contribution in [2.24, 2.45) is 0 Å². The molecule has 140 valence electrons. The Hall–Kier alpha value is -2.25. The molecule has 2 aromatic rings. The number of hydrogen-bond acceptors (Lipinski definition) is 5. The Labute approximate surface area is 158 Å². The average Bonchev–Trinajstić information content (AvgIpc) is 2.60. The predicted octanol–water partition coefficient (Wildman–Crippen LogP) is 3.50. The first-order chi connectivity index (χ1) is 12.4. The fourth-order valence-corrected chi connectivity index (χ4v) is 3.86. The quantitative estimate of drug-likeness (QED) is 0.637. The number of anilines is 1. The van der Waals surface area contributed by atoms with Gasteiger partial charge in [-0.15, -0.1) is 0 Å². The minimum absolute atomic E-state index is 0.0326. The molecular weight excluding hydrogens is 378 g/mol. The lowest BCUT2D eigenvalue weighted by Crippen LogP contribution is -2.36. The fraction of sp³-hybridized carbons (Fsp3) is 0.278. The lowest BCUT2D eigenvalue weighted by atomic mass is 10.3. The molecule has 0 atom stereocenters. The summed E-state index contributed by atoms with van der Waals surface area (Å²) in [5.41, 5.74) is 0.277. The minimum Gasteiger partial charge on any atom is -0.494 e. The van der Waals surface area contributed by atoms with Crippen LogP contribution in [0.5, 0.6) is 5.75 Å². The van der Waals surface area contributed by atoms with Crippen LogP contribution in [0.2, 0.25) is 5.02 Å². The molecule has 6 nitrogen and oxygen atoms in total. The number of hydrogen-bond donors (Lipinski definition) is 0. The standard InChI is InChI=1S/C18H20ClNO5S/c1-3-24-16-8-10-17(11-9-16)26(22,23)20(13-18(21)25-4-2)15-7-5-6-14(19)12-15/h5-12H,3-4,13H2,1-2H3. The summed E-state index contributed by atoms with van der Waals surface area (Å²) in [5.74, 6) is -0.0897. The number of halogens is 1. The van der Waals surface area contributed by atoms with Gasteiger partial charge < -0.3 is 9.47 Å². The van der Waals surface area contributed by atoms with Crippen LogP contribution in [0.1, 0.15) is 13.8 Å². The van der Waals surface area contributed by atoms with Crippen molar-refractivity contribution in [3.05, 3.63) is 53.6 Å². The second-order valence-electron chi connectivity index (χ2n) is 5.20. The number of esters is 1. The van der Waals surface area contributed by atoms with Crippen molar-refractivity contribution in [2.45, 2.75) is 18.7 Å². The van der Waals surface area contributed by atoms with E-state index in [4.69, 9.17) is 21.1 Å². The lowest BCUT2D eigenvalue weighted by molar-refractivity contribution is -0.141. The van der Waals surface area contributed by atoms with E-state index in [2.05, 4.69) is 0 Å². The Balaban J connectivity index is 2.43. The van der Waals surface area contributed by atoms with Gasteiger partial charge in [0.1, 0.15) is 12.3 Å². The van der Waals surface area contributed by atoms with E-state index in [9.17, 15) is 13.2 Å². The van der Waals surface area contributed by atoms with Crippen molar-refractivity contribution in [3.8, 4) is 5.75 Å². The normalized spacial score (nSPS) is 11.0. The summed E-state index contributed by atoms with van der Waals surface area (Å²) < 4.78 is 37.4. The SMILES string of the molecule is CCOC(=O)CN(c1cccc(Cl)c1)S(=O)(=O)c1ccc(OCC)cc1. The number of sulfonamides is 1. The van der Waals surface area contributed by atoms with E-state index in [0.717, 1.165) is 4.31 Å². The topological polar surface area (TPSA) is 72.9 Å². The molecule has 0 N–H and O–H groups in total. The molecule has 0 heterocycles. The summed E-state index contributed by atoms with van der Waals surface area (Å²) in [7, 11) is -4.00. The Morgan fingerprint density at radius 1 is 1.08 bits per heavy atom. The van der Waals surface area contributed by atoms with E-state index in [-0.39, 0.29) is 17.2 Å². The third kappa shape index (κ3) is 4.89. The molecule has 0 amide bonds. The average molecular weight is 398 g/mol. The van der Waals surface area contributed by atoms with Gasteiger partial charge in [0.25, 0.3) is 10.0 Å². The summed E-state index contributed by atoms with van der Waals surface area (Å²) in [5, 5.41) is 0.359. The number of nitrogens with zero attached hydrogens (tertiary/aromatic N) is 1. The van der Waals surface area contributed by atoms with Gasteiger partial charge in [-0.05, 0) is 56.3 Å². The maximum Gasteiger partial charge on any atom is 0.326 e. The molecule has 0 unspecified atom stereocenters. The molecular formula is C18H20ClNO5S. The number of ether oxygens (including phenoxy) is 2. The molecule has 8 heteroatoms. The van der Waals surface area contributed by atoms with E-state index in [1.165, 1.54) is 18.2 Å². The van der Waals surface area contributed by atoms with Gasteiger partial charge in [-0.3, -0.25) is 9.10 Å². The third-order valence-corrected chi connectivity index (χ3v) is 5.42. The van der Waals surface area contributed by atoms with Gasteiger partial charge in [-0.1, -0.05) is 17.7 Å². The molecule has 0 fully saturated rings. The third-order valence-electron chi connectivity index (χ3n) is 3.40. The summed E-state index contributed by atoms with van der Waals surface area (Å²) >= 11 is 5.98. The van der Waals surface area contributed by atoms with Crippen LogP contribution in [-0.2, 0) is 19.6 Å². The van der Waals surface area contributed by atoms with Crippen molar-refractivity contribution in [2.75, 3.05) is 24.1 Å². The van der Waals surface area contributed by atoms with Crippen LogP contribution >= 0.6 is 11.6 Å². The summed E-state index contributed by atoms with van der Waals surface area (Å²) in [6, 6.07) is 12.3. The molecule has 0 aliphatic rings. The van der Waals surface area contributed by atoms with E-state index in [1.54, 1.807) is 37.3 Å². The monoisotopic (exact) mass is 397 g/mol. The molecule has 0 radical (unpaired) electrons. The number of benzene rings is 2. The minimum atomic E-state index is -4.00. The van der Waals surface area contributed by atoms with E-state index < -0.39 is 22.5 Å². The second-order valence-corrected chi connectivity index (χ2v) is 7.50. The van der Waals surface area contributed by atoms with Crippen LogP contribution in [0.3, 0.4) is 0 Å². The first kappa shape index (κ1) is 20.1.